The third-order valence-corrected chi connectivity index (χ3v) is 3.88. The Hall–Kier alpha value is -2.40. The van der Waals surface area contributed by atoms with Gasteiger partial charge >= 0.3 is 0 Å². The molecule has 0 aliphatic heterocycles. The van der Waals surface area contributed by atoms with Crippen molar-refractivity contribution < 1.29 is 4.79 Å². The van der Waals surface area contributed by atoms with Crippen LogP contribution in [0.3, 0.4) is 0 Å². The Labute approximate surface area is 126 Å². The van der Waals surface area contributed by atoms with Crippen molar-refractivity contribution in [1.29, 1.82) is 0 Å². The van der Waals surface area contributed by atoms with E-state index in [1.807, 2.05) is 47.9 Å². The van der Waals surface area contributed by atoms with E-state index in [0.717, 1.165) is 21.7 Å². The predicted octanol–water partition coefficient (Wildman–Crippen LogP) is 3.00. The summed E-state index contributed by atoms with van der Waals surface area (Å²) in [6.45, 7) is 0.563. The number of fused-ring (bicyclic) bond motifs is 1. The van der Waals surface area contributed by atoms with Crippen LogP contribution in [0.2, 0.25) is 0 Å². The van der Waals surface area contributed by atoms with Gasteiger partial charge in [-0.25, -0.2) is 4.98 Å². The van der Waals surface area contributed by atoms with Crippen LogP contribution in [0.4, 0.5) is 0 Å². The Morgan fingerprint density at radius 2 is 2.19 bits per heavy atom. The molecule has 4 nitrogen and oxygen atoms in total. The molecule has 0 aliphatic rings. The Kier molecular flexibility index (Phi) is 4.12. The first-order valence-corrected chi connectivity index (χ1v) is 7.62. The molecule has 0 aliphatic carbocycles. The normalized spacial score (nSPS) is 11.2. The van der Waals surface area contributed by atoms with E-state index in [1.54, 1.807) is 17.4 Å². The van der Waals surface area contributed by atoms with Gasteiger partial charge in [0.1, 0.15) is 5.82 Å². The zero-order valence-corrected chi connectivity index (χ0v) is 12.2. The van der Waals surface area contributed by atoms with Gasteiger partial charge in [-0.2, -0.15) is 0 Å². The molecule has 2 aromatic heterocycles. The van der Waals surface area contributed by atoms with Crippen LogP contribution in [0.5, 0.6) is 0 Å². The summed E-state index contributed by atoms with van der Waals surface area (Å²) in [5.41, 5.74) is 1.98. The second-order valence-corrected chi connectivity index (χ2v) is 5.57. The van der Waals surface area contributed by atoms with Crippen molar-refractivity contribution >= 4 is 34.4 Å². The van der Waals surface area contributed by atoms with Crippen LogP contribution < -0.4 is 5.32 Å². The summed E-state index contributed by atoms with van der Waals surface area (Å²) in [5.74, 6) is 0.804. The number of thiophene rings is 1. The maximum Gasteiger partial charge on any atom is 0.244 e. The number of benzene rings is 1. The highest BCUT2D eigenvalue weighted by molar-refractivity contribution is 7.10. The van der Waals surface area contributed by atoms with Gasteiger partial charge < -0.3 is 10.3 Å². The van der Waals surface area contributed by atoms with Crippen LogP contribution in [0.25, 0.3) is 17.1 Å². The standard InChI is InChI=1S/C16H15N3OS/c20-16(8-7-12-4-3-11-21-12)17-10-9-15-18-13-5-1-2-6-14(13)19-15/h1-8,11H,9-10H2,(H,17,20)(H,18,19)/b8-7+. The largest absolute Gasteiger partial charge is 0.352 e. The minimum absolute atomic E-state index is 0.0838. The number of hydrogen-bond acceptors (Lipinski definition) is 3. The molecule has 1 amide bonds. The average Bonchev–Trinajstić information content (AvgIpc) is 3.14. The van der Waals surface area contributed by atoms with Crippen molar-refractivity contribution in [3.8, 4) is 0 Å². The first-order valence-electron chi connectivity index (χ1n) is 6.74. The molecule has 3 aromatic rings. The summed E-state index contributed by atoms with van der Waals surface area (Å²) in [6, 6.07) is 11.8. The predicted molar refractivity (Wildman–Crippen MR) is 86.2 cm³/mol. The number of aromatic amines is 1. The van der Waals surface area contributed by atoms with Crippen molar-refractivity contribution in [3.63, 3.8) is 0 Å². The molecule has 0 fully saturated rings. The maximum absolute atomic E-state index is 11.7. The monoisotopic (exact) mass is 297 g/mol. The maximum atomic E-state index is 11.7. The first kappa shape index (κ1) is 13.6. The Morgan fingerprint density at radius 3 is 3.00 bits per heavy atom. The first-order chi connectivity index (χ1) is 10.3. The van der Waals surface area contributed by atoms with Gasteiger partial charge in [-0.3, -0.25) is 4.79 Å². The van der Waals surface area contributed by atoms with Gasteiger partial charge in [-0.1, -0.05) is 18.2 Å². The fraction of sp³-hybridized carbons (Fsp3) is 0.125. The smallest absolute Gasteiger partial charge is 0.244 e. The molecule has 0 radical (unpaired) electrons. The molecule has 0 bridgehead atoms. The van der Waals surface area contributed by atoms with Crippen LogP contribution in [-0.4, -0.2) is 22.4 Å². The van der Waals surface area contributed by atoms with Gasteiger partial charge in [0.15, 0.2) is 0 Å². The van der Waals surface area contributed by atoms with E-state index in [9.17, 15) is 4.79 Å². The number of carbonyl (C=O) groups is 1. The minimum Gasteiger partial charge on any atom is -0.352 e. The van der Waals surface area contributed by atoms with E-state index in [2.05, 4.69) is 15.3 Å². The highest BCUT2D eigenvalue weighted by atomic mass is 32.1. The van der Waals surface area contributed by atoms with Gasteiger partial charge in [0.25, 0.3) is 0 Å². The third kappa shape index (κ3) is 3.58. The quantitative estimate of drug-likeness (QED) is 0.711. The Morgan fingerprint density at radius 1 is 1.29 bits per heavy atom. The second kappa shape index (κ2) is 6.37. The summed E-state index contributed by atoms with van der Waals surface area (Å²) in [6.07, 6.45) is 4.07. The lowest BCUT2D eigenvalue weighted by Crippen LogP contribution is -2.23. The van der Waals surface area contributed by atoms with Crippen molar-refractivity contribution in [2.24, 2.45) is 0 Å². The lowest BCUT2D eigenvalue weighted by molar-refractivity contribution is -0.116. The van der Waals surface area contributed by atoms with E-state index < -0.39 is 0 Å². The zero-order valence-electron chi connectivity index (χ0n) is 11.4. The molecule has 106 valence electrons. The van der Waals surface area contributed by atoms with Crippen molar-refractivity contribution in [1.82, 2.24) is 15.3 Å². The molecule has 0 saturated carbocycles. The molecule has 5 heteroatoms. The lowest BCUT2D eigenvalue weighted by Gasteiger charge is -1.99. The number of carbonyl (C=O) groups excluding carboxylic acids is 1. The number of nitrogens with one attached hydrogen (secondary N) is 2. The van der Waals surface area contributed by atoms with E-state index >= 15 is 0 Å². The number of nitrogens with zero attached hydrogens (tertiary/aromatic N) is 1. The Balaban J connectivity index is 1.50. The highest BCUT2D eigenvalue weighted by Crippen LogP contribution is 2.11. The molecule has 3 rings (SSSR count). The zero-order chi connectivity index (χ0) is 14.5. The summed E-state index contributed by atoms with van der Waals surface area (Å²) < 4.78 is 0. The summed E-state index contributed by atoms with van der Waals surface area (Å²) >= 11 is 1.61. The van der Waals surface area contributed by atoms with Gasteiger partial charge in [0, 0.05) is 23.9 Å². The molecule has 1 aromatic carbocycles. The van der Waals surface area contributed by atoms with Gasteiger partial charge in [0.2, 0.25) is 5.91 Å². The summed E-state index contributed by atoms with van der Waals surface area (Å²) in [7, 11) is 0. The fourth-order valence-corrected chi connectivity index (χ4v) is 2.65. The fourth-order valence-electron chi connectivity index (χ4n) is 2.03. The van der Waals surface area contributed by atoms with E-state index in [1.165, 1.54) is 0 Å². The van der Waals surface area contributed by atoms with E-state index in [0.29, 0.717) is 13.0 Å². The van der Waals surface area contributed by atoms with Gasteiger partial charge in [-0.05, 0) is 29.7 Å². The molecular weight excluding hydrogens is 282 g/mol. The number of hydrogen-bond donors (Lipinski definition) is 2. The topological polar surface area (TPSA) is 57.8 Å². The molecular formula is C16H15N3OS. The minimum atomic E-state index is -0.0838. The Bertz CT molecular complexity index is 726. The van der Waals surface area contributed by atoms with Gasteiger partial charge in [0.05, 0.1) is 11.0 Å². The number of imidazole rings is 1. The third-order valence-electron chi connectivity index (χ3n) is 3.04. The van der Waals surface area contributed by atoms with Crippen molar-refractivity contribution in [2.45, 2.75) is 6.42 Å². The van der Waals surface area contributed by atoms with Crippen molar-refractivity contribution in [3.05, 3.63) is 58.6 Å². The number of rotatable bonds is 5. The highest BCUT2D eigenvalue weighted by Gasteiger charge is 2.02. The molecule has 21 heavy (non-hydrogen) atoms. The van der Waals surface area contributed by atoms with E-state index in [-0.39, 0.29) is 5.91 Å². The summed E-state index contributed by atoms with van der Waals surface area (Å²) in [4.78, 5) is 20.5. The number of para-hydroxylation sites is 2. The van der Waals surface area contributed by atoms with Crippen LogP contribution in [-0.2, 0) is 11.2 Å². The van der Waals surface area contributed by atoms with Crippen LogP contribution in [0, 0.1) is 0 Å². The van der Waals surface area contributed by atoms with Crippen LogP contribution in [0.15, 0.2) is 47.9 Å². The molecule has 0 unspecified atom stereocenters. The molecule has 2 N–H and O–H groups in total. The lowest BCUT2D eigenvalue weighted by atomic mass is 10.3. The van der Waals surface area contributed by atoms with Gasteiger partial charge in [-0.15, -0.1) is 11.3 Å². The molecule has 0 atom stereocenters. The summed E-state index contributed by atoms with van der Waals surface area (Å²) in [5, 5.41) is 4.84. The van der Waals surface area contributed by atoms with Crippen molar-refractivity contribution in [2.75, 3.05) is 6.54 Å². The number of amides is 1. The average molecular weight is 297 g/mol. The van der Waals surface area contributed by atoms with Crippen LogP contribution >= 0.6 is 11.3 Å². The number of H-pyrrole nitrogens is 1. The van der Waals surface area contributed by atoms with Crippen LogP contribution in [0.1, 0.15) is 10.7 Å². The SMILES string of the molecule is O=C(/C=C/c1cccs1)NCCc1nc2ccccc2[nH]1. The molecule has 2 heterocycles. The van der Waals surface area contributed by atoms with E-state index in [4.69, 9.17) is 0 Å². The molecule has 0 spiro atoms. The second-order valence-electron chi connectivity index (χ2n) is 4.59. The molecule has 0 saturated heterocycles. The number of aromatic nitrogens is 2.